The predicted octanol–water partition coefficient (Wildman–Crippen LogP) is 4.58. The smallest absolute Gasteiger partial charge is 0.0299 e. The highest BCUT2D eigenvalue weighted by atomic mass is 13.8. The normalized spacial score (nSPS) is 7.69. The Hall–Kier alpha value is -0.960. The van der Waals surface area contributed by atoms with Gasteiger partial charge in [0.15, 0.2) is 0 Å². The van der Waals surface area contributed by atoms with E-state index in [1.54, 1.807) is 6.08 Å². The van der Waals surface area contributed by atoms with Gasteiger partial charge in [-0.3, -0.25) is 0 Å². The Kier molecular flexibility index (Phi) is 31.0. The Morgan fingerprint density at radius 3 is 2.00 bits per heavy atom. The van der Waals surface area contributed by atoms with Crippen molar-refractivity contribution < 1.29 is 0 Å². The van der Waals surface area contributed by atoms with E-state index in [1.165, 1.54) is 5.57 Å². The second kappa shape index (κ2) is 22.5. The van der Waals surface area contributed by atoms with E-state index in [9.17, 15) is 0 Å². The highest BCUT2D eigenvalue weighted by Crippen LogP contribution is 1.96. The lowest BCUT2D eigenvalue weighted by molar-refractivity contribution is 1.25. The Balaban J connectivity index is -0.000000218. The SMILES string of the molecule is C=C/C=C(/C)CC#CC.CC.CC. The van der Waals surface area contributed by atoms with Gasteiger partial charge in [-0.2, -0.15) is 0 Å². The molecule has 0 aromatic carbocycles. The van der Waals surface area contributed by atoms with Crippen LogP contribution in [0.25, 0.3) is 0 Å². The molecule has 0 aromatic heterocycles. The molecule has 0 aliphatic rings. The largest absolute Gasteiger partial charge is 0.106 e. The van der Waals surface area contributed by atoms with E-state index in [0.29, 0.717) is 0 Å². The quantitative estimate of drug-likeness (QED) is 0.431. The van der Waals surface area contributed by atoms with E-state index < -0.39 is 0 Å². The number of hydrogen-bond acceptors (Lipinski definition) is 0. The third-order valence-electron chi connectivity index (χ3n) is 0.946. The van der Waals surface area contributed by atoms with Gasteiger partial charge < -0.3 is 0 Å². The lowest BCUT2D eigenvalue weighted by Gasteiger charge is -1.86. The van der Waals surface area contributed by atoms with Gasteiger partial charge in [0.25, 0.3) is 0 Å². The van der Waals surface area contributed by atoms with Crippen molar-refractivity contribution in [1.29, 1.82) is 0 Å². The Morgan fingerprint density at radius 2 is 1.69 bits per heavy atom. The van der Waals surface area contributed by atoms with Crippen molar-refractivity contribution >= 4 is 0 Å². The van der Waals surface area contributed by atoms with Gasteiger partial charge in [-0.15, -0.1) is 5.92 Å². The van der Waals surface area contributed by atoms with E-state index in [-0.39, 0.29) is 0 Å². The van der Waals surface area contributed by atoms with E-state index in [1.807, 2.05) is 47.6 Å². The molecule has 13 heavy (non-hydrogen) atoms. The maximum absolute atomic E-state index is 3.58. The van der Waals surface area contributed by atoms with Crippen LogP contribution in [-0.2, 0) is 0 Å². The Labute approximate surface area is 84.8 Å². The van der Waals surface area contributed by atoms with Crippen LogP contribution in [-0.4, -0.2) is 0 Å². The second-order valence-corrected chi connectivity index (χ2v) is 1.85. The summed E-state index contributed by atoms with van der Waals surface area (Å²) in [5, 5.41) is 0. The number of hydrogen-bond donors (Lipinski definition) is 0. The van der Waals surface area contributed by atoms with Gasteiger partial charge in [0.2, 0.25) is 0 Å². The Bertz CT molecular complexity index is 162. The molecule has 0 N–H and O–H groups in total. The lowest BCUT2D eigenvalue weighted by atomic mass is 10.2. The highest BCUT2D eigenvalue weighted by Gasteiger charge is 1.78. The van der Waals surface area contributed by atoms with Crippen LogP contribution in [0.4, 0.5) is 0 Å². The summed E-state index contributed by atoms with van der Waals surface area (Å²) in [4.78, 5) is 0. The van der Waals surface area contributed by atoms with Crippen LogP contribution in [0.1, 0.15) is 48.0 Å². The number of allylic oxidation sites excluding steroid dienone is 3. The topological polar surface area (TPSA) is 0 Å². The third kappa shape index (κ3) is 24.7. The van der Waals surface area contributed by atoms with E-state index in [2.05, 4.69) is 18.4 Å². The molecule has 0 radical (unpaired) electrons. The molecule has 0 saturated heterocycles. The molecule has 0 nitrogen and oxygen atoms in total. The maximum atomic E-state index is 3.58. The second-order valence-electron chi connectivity index (χ2n) is 1.85. The lowest BCUT2D eigenvalue weighted by Crippen LogP contribution is -1.69. The molecular formula is C13H24. The average Bonchev–Trinajstić information content (AvgIpc) is 2.21. The summed E-state index contributed by atoms with van der Waals surface area (Å²) in [6.45, 7) is 15.5. The minimum Gasteiger partial charge on any atom is -0.106 e. The van der Waals surface area contributed by atoms with E-state index in [4.69, 9.17) is 0 Å². The van der Waals surface area contributed by atoms with Crippen LogP contribution in [0.3, 0.4) is 0 Å². The van der Waals surface area contributed by atoms with E-state index in [0.717, 1.165) is 6.42 Å². The third-order valence-corrected chi connectivity index (χ3v) is 0.946. The van der Waals surface area contributed by atoms with Crippen LogP contribution >= 0.6 is 0 Å². The summed E-state index contributed by atoms with van der Waals surface area (Å²) in [5.74, 6) is 5.80. The molecule has 0 aliphatic carbocycles. The summed E-state index contributed by atoms with van der Waals surface area (Å²) < 4.78 is 0. The van der Waals surface area contributed by atoms with Crippen LogP contribution in [0.15, 0.2) is 24.3 Å². The first-order valence-electron chi connectivity index (χ1n) is 4.99. The molecule has 0 heteroatoms. The van der Waals surface area contributed by atoms with Crippen molar-refractivity contribution in [2.75, 3.05) is 0 Å². The Morgan fingerprint density at radius 1 is 1.23 bits per heavy atom. The molecule has 0 bridgehead atoms. The average molecular weight is 180 g/mol. The molecule has 76 valence electrons. The maximum Gasteiger partial charge on any atom is 0.0299 e. The molecule has 0 spiro atoms. The summed E-state index contributed by atoms with van der Waals surface area (Å²) in [7, 11) is 0. The molecule has 0 aromatic rings. The minimum absolute atomic E-state index is 0.864. The fraction of sp³-hybridized carbons (Fsp3) is 0.538. The van der Waals surface area contributed by atoms with Gasteiger partial charge in [-0.05, 0) is 13.8 Å². The highest BCUT2D eigenvalue weighted by molar-refractivity contribution is 5.14. The zero-order valence-electron chi connectivity index (χ0n) is 10.1. The standard InChI is InChI=1S/C9H12.2C2H6/c1-4-6-8-9(3)7-5-2;2*1-2/h5,7H,2,8H2,1,3H3;2*1-2H3/b9-7-;;. The first-order valence-corrected chi connectivity index (χ1v) is 4.99. The van der Waals surface area contributed by atoms with Crippen LogP contribution in [0, 0.1) is 11.8 Å². The van der Waals surface area contributed by atoms with Crippen LogP contribution in [0.5, 0.6) is 0 Å². The summed E-state index contributed by atoms with van der Waals surface area (Å²) >= 11 is 0. The zero-order valence-corrected chi connectivity index (χ0v) is 10.1. The zero-order chi connectivity index (χ0) is 11.1. The molecule has 0 heterocycles. The van der Waals surface area contributed by atoms with Crippen molar-refractivity contribution in [2.24, 2.45) is 0 Å². The van der Waals surface area contributed by atoms with Crippen molar-refractivity contribution in [3.05, 3.63) is 24.3 Å². The van der Waals surface area contributed by atoms with E-state index >= 15 is 0 Å². The van der Waals surface area contributed by atoms with Crippen LogP contribution < -0.4 is 0 Å². The van der Waals surface area contributed by atoms with Gasteiger partial charge >= 0.3 is 0 Å². The van der Waals surface area contributed by atoms with Gasteiger partial charge in [-0.25, -0.2) is 0 Å². The van der Waals surface area contributed by atoms with Crippen molar-refractivity contribution in [2.45, 2.75) is 48.0 Å². The van der Waals surface area contributed by atoms with Crippen molar-refractivity contribution in [1.82, 2.24) is 0 Å². The first-order chi connectivity index (χ1) is 6.31. The predicted molar refractivity (Wildman–Crippen MR) is 64.7 cm³/mol. The molecule has 0 rings (SSSR count). The first kappa shape index (κ1) is 18.0. The van der Waals surface area contributed by atoms with Gasteiger partial charge in [0.05, 0.1) is 0 Å². The van der Waals surface area contributed by atoms with Crippen molar-refractivity contribution in [3.8, 4) is 11.8 Å². The van der Waals surface area contributed by atoms with Gasteiger partial charge in [0.1, 0.15) is 0 Å². The fourth-order valence-electron chi connectivity index (χ4n) is 0.488. The molecular weight excluding hydrogens is 156 g/mol. The molecule has 0 aliphatic heterocycles. The monoisotopic (exact) mass is 180 g/mol. The van der Waals surface area contributed by atoms with Crippen LogP contribution in [0.2, 0.25) is 0 Å². The summed E-state index contributed by atoms with van der Waals surface area (Å²) in [6.07, 6.45) is 4.62. The van der Waals surface area contributed by atoms with Crippen molar-refractivity contribution in [3.63, 3.8) is 0 Å². The molecule has 0 unspecified atom stereocenters. The summed E-state index contributed by atoms with van der Waals surface area (Å²) in [5.41, 5.74) is 1.26. The molecule has 0 fully saturated rings. The molecule has 0 atom stereocenters. The molecule has 0 saturated carbocycles. The fourth-order valence-corrected chi connectivity index (χ4v) is 0.488. The minimum atomic E-state index is 0.864. The molecule has 0 amide bonds. The van der Waals surface area contributed by atoms with Gasteiger partial charge in [-0.1, -0.05) is 57.9 Å². The number of rotatable bonds is 2. The van der Waals surface area contributed by atoms with Gasteiger partial charge in [0, 0.05) is 6.42 Å². The summed E-state index contributed by atoms with van der Waals surface area (Å²) in [6, 6.07) is 0.